The average Bonchev–Trinajstić information content (AvgIpc) is 2.68. The van der Waals surface area contributed by atoms with Gasteiger partial charge in [0.1, 0.15) is 0 Å². The first-order valence-electron chi connectivity index (χ1n) is 11.1. The van der Waals surface area contributed by atoms with Gasteiger partial charge in [-0.1, -0.05) is 47.5 Å². The predicted octanol–water partition coefficient (Wildman–Crippen LogP) is 5.82. The van der Waals surface area contributed by atoms with Gasteiger partial charge in [-0.15, -0.1) is 0 Å². The monoisotopic (exact) mass is 379 g/mol. The van der Waals surface area contributed by atoms with Crippen molar-refractivity contribution in [2.45, 2.75) is 86.0 Å². The molecule has 4 heteroatoms. The highest BCUT2D eigenvalue weighted by Gasteiger charge is 2.36. The fourth-order valence-electron chi connectivity index (χ4n) is 3.60. The van der Waals surface area contributed by atoms with Gasteiger partial charge in [0.15, 0.2) is 0 Å². The Hall–Kier alpha value is -1.00. The van der Waals surface area contributed by atoms with Crippen LogP contribution in [0.2, 0.25) is 0 Å². The van der Waals surface area contributed by atoms with E-state index < -0.39 is 0 Å². The lowest BCUT2D eigenvalue weighted by atomic mass is 9.67. The van der Waals surface area contributed by atoms with Crippen LogP contribution in [0.4, 0.5) is 0 Å². The molecule has 1 N–H and O–H groups in total. The molecule has 0 spiro atoms. The number of nitrogens with zero attached hydrogens (tertiary/aromatic N) is 2. The van der Waals surface area contributed by atoms with Crippen LogP contribution in [-0.2, 0) is 4.74 Å². The van der Waals surface area contributed by atoms with Crippen molar-refractivity contribution in [2.75, 3.05) is 33.9 Å². The van der Waals surface area contributed by atoms with Gasteiger partial charge in [0, 0.05) is 24.7 Å². The maximum absolute atomic E-state index is 5.96. The van der Waals surface area contributed by atoms with Crippen LogP contribution in [0.15, 0.2) is 21.3 Å². The fourth-order valence-corrected chi connectivity index (χ4v) is 3.60. The number of aliphatic imine (C=N–C) groups is 2. The van der Waals surface area contributed by atoms with Crippen LogP contribution in [0.25, 0.3) is 0 Å². The Labute approximate surface area is 169 Å². The molecule has 0 aromatic carbocycles. The van der Waals surface area contributed by atoms with Crippen LogP contribution in [0.3, 0.4) is 0 Å². The van der Waals surface area contributed by atoms with Gasteiger partial charge in [-0.3, -0.25) is 9.98 Å². The zero-order valence-corrected chi connectivity index (χ0v) is 19.2. The maximum Gasteiger partial charge on any atom is 0.0819 e. The smallest absolute Gasteiger partial charge is 0.0819 e. The third kappa shape index (κ3) is 9.16. The molecule has 1 fully saturated rings. The molecule has 0 radical (unpaired) electrons. The Bertz CT molecular complexity index is 462. The van der Waals surface area contributed by atoms with E-state index in [2.05, 4.69) is 31.1 Å². The lowest BCUT2D eigenvalue weighted by molar-refractivity contribution is 0.00261. The molecule has 0 atom stereocenters. The third-order valence-electron chi connectivity index (χ3n) is 5.30. The normalized spacial score (nSPS) is 17.2. The number of hydrogen-bond donors (Lipinski definition) is 1. The van der Waals surface area contributed by atoms with Gasteiger partial charge in [0.2, 0.25) is 0 Å². The average molecular weight is 380 g/mol. The molecule has 0 saturated heterocycles. The molecule has 0 aromatic rings. The largest absolute Gasteiger partial charge is 0.375 e. The standard InChI is InChI=1S/C21H39N3O.C2H6/c1-6-10-18(19(7-2)23-5)20(8-3)24-15-16-25-17-21(11-9-12-21)13-14-22-4;1-2/h15,22H,6-14,16-17H2,1-5H3;1-2H3/b20-18-,23-19?,24-15?;. The second-order valence-corrected chi connectivity index (χ2v) is 7.09. The highest BCUT2D eigenvalue weighted by Crippen LogP contribution is 2.43. The van der Waals surface area contributed by atoms with Gasteiger partial charge in [-0.2, -0.15) is 0 Å². The van der Waals surface area contributed by atoms with E-state index in [0.29, 0.717) is 12.0 Å². The summed E-state index contributed by atoms with van der Waals surface area (Å²) in [6.07, 6.45) is 11.2. The highest BCUT2D eigenvalue weighted by atomic mass is 16.5. The topological polar surface area (TPSA) is 46.0 Å². The van der Waals surface area contributed by atoms with Crippen LogP contribution < -0.4 is 5.32 Å². The molecule has 1 aliphatic carbocycles. The van der Waals surface area contributed by atoms with Crippen molar-refractivity contribution < 1.29 is 4.74 Å². The molecule has 0 aromatic heterocycles. The quantitative estimate of drug-likeness (QED) is 0.323. The third-order valence-corrected chi connectivity index (χ3v) is 5.30. The molecular formula is C23H45N3O. The van der Waals surface area contributed by atoms with E-state index in [1.165, 1.54) is 42.7 Å². The van der Waals surface area contributed by atoms with E-state index >= 15 is 0 Å². The number of nitrogens with one attached hydrogen (secondary N) is 1. The zero-order valence-electron chi connectivity index (χ0n) is 19.2. The molecule has 0 amide bonds. The SMILES string of the molecule is CC.CCC/C(C(CC)=NC)=C(\CC)N=CCOCC1(CCNC)CCC1. The minimum atomic E-state index is 0.415. The van der Waals surface area contributed by atoms with Gasteiger partial charge in [0.25, 0.3) is 0 Å². The van der Waals surface area contributed by atoms with E-state index in [9.17, 15) is 0 Å². The minimum Gasteiger partial charge on any atom is -0.375 e. The molecule has 0 unspecified atom stereocenters. The minimum absolute atomic E-state index is 0.415. The van der Waals surface area contributed by atoms with E-state index in [4.69, 9.17) is 9.73 Å². The van der Waals surface area contributed by atoms with Gasteiger partial charge in [-0.05, 0) is 63.1 Å². The molecule has 0 heterocycles. The molecule has 0 aliphatic heterocycles. The Balaban J connectivity index is 0.00000326. The number of hydrogen-bond acceptors (Lipinski definition) is 4. The van der Waals surface area contributed by atoms with Crippen molar-refractivity contribution in [1.29, 1.82) is 0 Å². The van der Waals surface area contributed by atoms with Crippen LogP contribution in [0.1, 0.15) is 86.0 Å². The molecule has 0 bridgehead atoms. The second kappa shape index (κ2) is 16.0. The lowest BCUT2D eigenvalue weighted by Crippen LogP contribution is -2.37. The van der Waals surface area contributed by atoms with Crippen molar-refractivity contribution in [1.82, 2.24) is 5.32 Å². The summed E-state index contributed by atoms with van der Waals surface area (Å²) < 4.78 is 5.96. The first kappa shape index (κ1) is 26.0. The molecule has 158 valence electrons. The summed E-state index contributed by atoms with van der Waals surface area (Å²) in [7, 11) is 3.91. The molecule has 4 nitrogen and oxygen atoms in total. The van der Waals surface area contributed by atoms with Gasteiger partial charge >= 0.3 is 0 Å². The van der Waals surface area contributed by atoms with Crippen molar-refractivity contribution in [3.05, 3.63) is 11.3 Å². The Kier molecular flexibility index (Phi) is 15.4. The first-order valence-corrected chi connectivity index (χ1v) is 11.1. The number of allylic oxidation sites excluding steroid dienone is 2. The van der Waals surface area contributed by atoms with Crippen LogP contribution in [-0.4, -0.2) is 45.8 Å². The summed E-state index contributed by atoms with van der Waals surface area (Å²) in [5, 5.41) is 3.26. The predicted molar refractivity (Wildman–Crippen MR) is 121 cm³/mol. The molecule has 1 aliphatic rings. The summed E-state index contributed by atoms with van der Waals surface area (Å²) in [5.74, 6) is 0. The van der Waals surface area contributed by atoms with Crippen LogP contribution in [0.5, 0.6) is 0 Å². The van der Waals surface area contributed by atoms with Gasteiger partial charge in [-0.25, -0.2) is 0 Å². The Morgan fingerprint density at radius 3 is 2.30 bits per heavy atom. The highest BCUT2D eigenvalue weighted by molar-refractivity contribution is 6.00. The zero-order chi connectivity index (χ0) is 20.5. The van der Waals surface area contributed by atoms with E-state index in [0.717, 1.165) is 38.8 Å². The van der Waals surface area contributed by atoms with Crippen molar-refractivity contribution in [3.8, 4) is 0 Å². The summed E-state index contributed by atoms with van der Waals surface area (Å²) in [6, 6.07) is 0. The second-order valence-electron chi connectivity index (χ2n) is 7.09. The van der Waals surface area contributed by atoms with Gasteiger partial charge < -0.3 is 10.1 Å². The summed E-state index contributed by atoms with van der Waals surface area (Å²) in [6.45, 7) is 13.1. The molecule has 27 heavy (non-hydrogen) atoms. The number of ether oxygens (including phenoxy) is 1. The summed E-state index contributed by atoms with van der Waals surface area (Å²) in [5.41, 5.74) is 4.10. The Morgan fingerprint density at radius 1 is 1.15 bits per heavy atom. The van der Waals surface area contributed by atoms with E-state index in [1.807, 2.05) is 34.2 Å². The van der Waals surface area contributed by atoms with E-state index in [-0.39, 0.29) is 0 Å². The first-order chi connectivity index (χ1) is 13.2. The fraction of sp³-hybridized carbons (Fsp3) is 0.826. The van der Waals surface area contributed by atoms with Crippen LogP contribution >= 0.6 is 0 Å². The van der Waals surface area contributed by atoms with Crippen molar-refractivity contribution in [3.63, 3.8) is 0 Å². The molecule has 1 rings (SSSR count). The number of rotatable bonds is 13. The summed E-state index contributed by atoms with van der Waals surface area (Å²) in [4.78, 5) is 9.21. The van der Waals surface area contributed by atoms with E-state index in [1.54, 1.807) is 0 Å². The molecular weight excluding hydrogens is 334 g/mol. The maximum atomic E-state index is 5.96. The molecule has 1 saturated carbocycles. The summed E-state index contributed by atoms with van der Waals surface area (Å²) >= 11 is 0. The van der Waals surface area contributed by atoms with Crippen molar-refractivity contribution >= 4 is 11.9 Å². The Morgan fingerprint density at radius 2 is 1.85 bits per heavy atom. The van der Waals surface area contributed by atoms with Crippen molar-refractivity contribution in [2.24, 2.45) is 15.4 Å². The lowest BCUT2D eigenvalue weighted by Gasteiger charge is -2.41. The van der Waals surface area contributed by atoms with Crippen LogP contribution in [0, 0.1) is 5.41 Å². The van der Waals surface area contributed by atoms with Gasteiger partial charge in [0.05, 0.1) is 13.2 Å².